The number of nitrogens with zero attached hydrogens (tertiary/aromatic N) is 1. The molecule has 0 heterocycles. The van der Waals surface area contributed by atoms with Crippen LogP contribution in [0.4, 0.5) is 0 Å². The molecule has 0 fully saturated rings. The monoisotopic (exact) mass is 353 g/mol. The predicted molar refractivity (Wildman–Crippen MR) is 99.5 cm³/mol. The minimum absolute atomic E-state index is 0.122. The van der Waals surface area contributed by atoms with Gasteiger partial charge in [0, 0.05) is 5.56 Å². The smallest absolute Gasteiger partial charge is 0.331 e. The number of aromatic hydroxyl groups is 1. The summed E-state index contributed by atoms with van der Waals surface area (Å²) in [7, 11) is 0. The number of ether oxygens (including phenoxy) is 1. The molecule has 2 atom stereocenters. The highest BCUT2D eigenvalue weighted by molar-refractivity contribution is 5.83. The molecule has 0 amide bonds. The van der Waals surface area contributed by atoms with Gasteiger partial charge in [0.1, 0.15) is 5.75 Å². The molecule has 1 aromatic carbocycles. The van der Waals surface area contributed by atoms with Crippen molar-refractivity contribution in [2.24, 2.45) is 11.3 Å². The lowest BCUT2D eigenvalue weighted by Gasteiger charge is -2.47. The van der Waals surface area contributed by atoms with Crippen LogP contribution in [-0.2, 0) is 21.4 Å². The Labute approximate surface area is 155 Å². The summed E-state index contributed by atoms with van der Waals surface area (Å²) < 4.78 is 4.56. The fraction of sp³-hybridized carbons (Fsp3) is 0.545. The maximum atomic E-state index is 12.2. The van der Waals surface area contributed by atoms with Crippen molar-refractivity contribution in [3.8, 4) is 12.0 Å². The number of rotatable bonds is 2. The number of phenols is 1. The Kier molecular flexibility index (Phi) is 4.38. The van der Waals surface area contributed by atoms with Crippen molar-refractivity contribution in [1.82, 2.24) is 0 Å². The molecule has 0 saturated heterocycles. The second kappa shape index (κ2) is 6.16. The molecule has 2 aliphatic rings. The Balaban J connectivity index is 2.11. The first-order valence-corrected chi connectivity index (χ1v) is 9.20. The Morgan fingerprint density at radius 3 is 2.73 bits per heavy atom. The normalized spacial score (nSPS) is 23.9. The van der Waals surface area contributed by atoms with Gasteiger partial charge in [0.2, 0.25) is 0 Å². The maximum Gasteiger partial charge on any atom is 0.331 e. The fourth-order valence-electron chi connectivity index (χ4n) is 4.77. The Morgan fingerprint density at radius 1 is 1.38 bits per heavy atom. The minimum atomic E-state index is -0.994. The number of carbonyl (C=O) groups excluding carboxylic acids is 1. The van der Waals surface area contributed by atoms with Gasteiger partial charge in [-0.2, -0.15) is 0 Å². The van der Waals surface area contributed by atoms with E-state index in [9.17, 15) is 9.90 Å². The van der Waals surface area contributed by atoms with Gasteiger partial charge in [-0.1, -0.05) is 31.6 Å². The van der Waals surface area contributed by atoms with Crippen LogP contribution >= 0.6 is 0 Å². The van der Waals surface area contributed by atoms with Gasteiger partial charge in [0.05, 0.1) is 5.41 Å². The van der Waals surface area contributed by atoms with Crippen molar-refractivity contribution >= 4 is 5.97 Å². The number of phenolic OH excluding ortho intramolecular Hbond substituents is 1. The summed E-state index contributed by atoms with van der Waals surface area (Å²) in [6.07, 6.45) is 6.66. The molecule has 1 unspecified atom stereocenters. The van der Waals surface area contributed by atoms with Crippen molar-refractivity contribution in [3.05, 3.63) is 40.5 Å². The van der Waals surface area contributed by atoms with Crippen LogP contribution in [0.15, 0.2) is 23.8 Å². The average molecular weight is 353 g/mol. The average Bonchev–Trinajstić information content (AvgIpc) is 2.53. The summed E-state index contributed by atoms with van der Waals surface area (Å²) in [5.74, 6) is 0.466. The zero-order chi connectivity index (χ0) is 19.3. The molecule has 0 spiro atoms. The van der Waals surface area contributed by atoms with E-state index in [0.717, 1.165) is 30.4 Å². The topological polar surface area (TPSA) is 70.3 Å². The van der Waals surface area contributed by atoms with Gasteiger partial charge in [0.15, 0.2) is 0 Å². The molecule has 3 rings (SSSR count). The number of carbonyl (C=O) groups is 1. The molecule has 138 valence electrons. The highest BCUT2D eigenvalue weighted by Gasteiger charge is 2.44. The second-order valence-corrected chi connectivity index (χ2v) is 9.04. The van der Waals surface area contributed by atoms with Gasteiger partial charge >= 0.3 is 5.97 Å². The standard InChI is InChI=1S/C22H27NO3/c1-13-6-7-17-16(8-13)19-14(11-21(17,2)3)9-15(10-18(19)24)22(4,5)20(25)26-12-23/h6,9-10,16-17,24H,7-8,11H2,1-5H3/t16-,17?/m1/s1. The summed E-state index contributed by atoms with van der Waals surface area (Å²) in [5, 5.41) is 19.5. The van der Waals surface area contributed by atoms with E-state index in [1.54, 1.807) is 19.9 Å². The molecule has 1 aromatic rings. The van der Waals surface area contributed by atoms with E-state index in [2.05, 4.69) is 31.6 Å². The van der Waals surface area contributed by atoms with Crippen LogP contribution in [0.2, 0.25) is 0 Å². The predicted octanol–water partition coefficient (Wildman–Crippen LogP) is 4.72. The van der Waals surface area contributed by atoms with Gasteiger partial charge in [0.25, 0.3) is 6.26 Å². The maximum absolute atomic E-state index is 12.2. The van der Waals surface area contributed by atoms with Crippen LogP contribution in [0.5, 0.6) is 5.75 Å². The lowest BCUT2D eigenvalue weighted by molar-refractivity contribution is -0.142. The largest absolute Gasteiger partial charge is 0.508 e. The zero-order valence-electron chi connectivity index (χ0n) is 16.2. The van der Waals surface area contributed by atoms with E-state index < -0.39 is 11.4 Å². The molecular formula is C22H27NO3. The highest BCUT2D eigenvalue weighted by atomic mass is 16.5. The summed E-state index contributed by atoms with van der Waals surface area (Å²) in [5.41, 5.74) is 3.33. The number of esters is 1. The summed E-state index contributed by atoms with van der Waals surface area (Å²) >= 11 is 0. The van der Waals surface area contributed by atoms with Gasteiger partial charge in [-0.05, 0) is 74.5 Å². The van der Waals surface area contributed by atoms with Crippen molar-refractivity contribution < 1.29 is 14.6 Å². The molecule has 1 N–H and O–H groups in total. The van der Waals surface area contributed by atoms with E-state index in [1.807, 2.05) is 6.07 Å². The van der Waals surface area contributed by atoms with Crippen LogP contribution < -0.4 is 0 Å². The molecule has 0 bridgehead atoms. The first-order valence-electron chi connectivity index (χ1n) is 9.20. The molecule has 0 aliphatic heterocycles. The van der Waals surface area contributed by atoms with E-state index in [-0.39, 0.29) is 11.2 Å². The van der Waals surface area contributed by atoms with Crippen LogP contribution in [0.25, 0.3) is 0 Å². The number of hydrogen-bond donors (Lipinski definition) is 1. The van der Waals surface area contributed by atoms with Crippen LogP contribution in [0.3, 0.4) is 0 Å². The number of benzene rings is 1. The van der Waals surface area contributed by atoms with Gasteiger partial charge < -0.3 is 9.84 Å². The van der Waals surface area contributed by atoms with Crippen LogP contribution in [0.1, 0.15) is 70.1 Å². The Hall–Kier alpha value is -2.28. The zero-order valence-corrected chi connectivity index (χ0v) is 16.2. The molecule has 0 radical (unpaired) electrons. The second-order valence-electron chi connectivity index (χ2n) is 9.04. The van der Waals surface area contributed by atoms with E-state index in [1.165, 1.54) is 11.8 Å². The number of fused-ring (bicyclic) bond motifs is 3. The molecule has 26 heavy (non-hydrogen) atoms. The molecular weight excluding hydrogens is 326 g/mol. The Bertz CT molecular complexity index is 827. The molecule has 0 aromatic heterocycles. The summed E-state index contributed by atoms with van der Waals surface area (Å²) in [4.78, 5) is 12.2. The quantitative estimate of drug-likeness (QED) is 0.474. The lowest BCUT2D eigenvalue weighted by Crippen LogP contribution is -2.38. The van der Waals surface area contributed by atoms with Crippen molar-refractivity contribution in [3.63, 3.8) is 0 Å². The van der Waals surface area contributed by atoms with Gasteiger partial charge in [-0.25, -0.2) is 4.79 Å². The van der Waals surface area contributed by atoms with Gasteiger partial charge in [-0.3, -0.25) is 0 Å². The molecule has 4 nitrogen and oxygen atoms in total. The van der Waals surface area contributed by atoms with Crippen molar-refractivity contribution in [1.29, 1.82) is 5.26 Å². The highest BCUT2D eigenvalue weighted by Crippen LogP contribution is 2.55. The third-order valence-electron chi connectivity index (χ3n) is 6.38. The molecule has 4 heteroatoms. The van der Waals surface area contributed by atoms with E-state index in [4.69, 9.17) is 5.26 Å². The van der Waals surface area contributed by atoms with Crippen LogP contribution in [0, 0.1) is 22.9 Å². The lowest BCUT2D eigenvalue weighted by atomic mass is 9.57. The SMILES string of the molecule is CC1=CCC2[C@@H](C1)c1c(O)cc(C(C)(C)C(=O)OC#N)cc1CC2(C)C. The van der Waals surface area contributed by atoms with E-state index >= 15 is 0 Å². The number of hydrogen-bond acceptors (Lipinski definition) is 4. The number of nitriles is 1. The Morgan fingerprint density at radius 2 is 2.08 bits per heavy atom. The first kappa shape index (κ1) is 18.5. The third-order valence-corrected chi connectivity index (χ3v) is 6.38. The first-order chi connectivity index (χ1) is 12.1. The van der Waals surface area contributed by atoms with E-state index in [0.29, 0.717) is 17.4 Å². The third kappa shape index (κ3) is 2.90. The van der Waals surface area contributed by atoms with Gasteiger partial charge in [-0.15, -0.1) is 5.26 Å². The van der Waals surface area contributed by atoms with Crippen molar-refractivity contribution in [2.75, 3.05) is 0 Å². The van der Waals surface area contributed by atoms with Crippen LogP contribution in [-0.4, -0.2) is 11.1 Å². The minimum Gasteiger partial charge on any atom is -0.508 e. The molecule has 0 saturated carbocycles. The fourth-order valence-corrected chi connectivity index (χ4v) is 4.77. The summed E-state index contributed by atoms with van der Waals surface area (Å²) in [6.45, 7) is 10.2. The number of allylic oxidation sites excluding steroid dienone is 2. The van der Waals surface area contributed by atoms with Crippen molar-refractivity contribution in [2.45, 2.75) is 65.2 Å². The molecule has 2 aliphatic carbocycles. The summed E-state index contributed by atoms with van der Waals surface area (Å²) in [6, 6.07) is 3.71.